The maximum atomic E-state index is 11.9. The molecule has 2 amide bonds. The van der Waals surface area contributed by atoms with Gasteiger partial charge in [0.2, 0.25) is 0 Å². The molecule has 2 aromatic rings. The molecule has 1 N–H and O–H groups in total. The Morgan fingerprint density at radius 3 is 2.91 bits per heavy atom. The van der Waals surface area contributed by atoms with E-state index in [9.17, 15) is 14.4 Å². The summed E-state index contributed by atoms with van der Waals surface area (Å²) in [5.74, 6) is -0.804. The molecule has 0 bridgehead atoms. The van der Waals surface area contributed by atoms with Crippen molar-refractivity contribution in [3.05, 3.63) is 28.7 Å². The fourth-order valence-corrected chi connectivity index (χ4v) is 2.39. The van der Waals surface area contributed by atoms with E-state index in [1.165, 1.54) is 9.47 Å². The molecule has 0 unspecified atom stereocenters. The molecular weight excluding hydrogens is 290 g/mol. The first kappa shape index (κ1) is 14.2. The average molecular weight is 305 g/mol. The van der Waals surface area contributed by atoms with Crippen molar-refractivity contribution in [2.45, 2.75) is 13.0 Å². The smallest absolute Gasteiger partial charge is 0.419 e. The molecule has 1 atom stereocenters. The Kier molecular flexibility index (Phi) is 3.36. The minimum absolute atomic E-state index is 0.118. The van der Waals surface area contributed by atoms with E-state index in [0.29, 0.717) is 23.3 Å². The molecule has 0 spiro atoms. The van der Waals surface area contributed by atoms with Crippen molar-refractivity contribution in [1.29, 1.82) is 0 Å². The quantitative estimate of drug-likeness (QED) is 0.896. The standard InChI is InChI=1S/C14H15N3O5/c1-3-15-12(18)11-7-17(14(20)22-11)8-4-5-9-10(6-8)21-13(19)16(9)2/h4-6,11H,3,7H2,1-2H3,(H,15,18)/t11-/m1/s1. The Morgan fingerprint density at radius 1 is 1.41 bits per heavy atom. The van der Waals surface area contributed by atoms with Crippen LogP contribution in [0, 0.1) is 0 Å². The lowest BCUT2D eigenvalue weighted by molar-refractivity contribution is -0.127. The number of hydrogen-bond acceptors (Lipinski definition) is 5. The van der Waals surface area contributed by atoms with Crippen LogP contribution in [-0.2, 0) is 16.6 Å². The van der Waals surface area contributed by atoms with Crippen molar-refractivity contribution in [2.24, 2.45) is 7.05 Å². The van der Waals surface area contributed by atoms with Crippen LogP contribution < -0.4 is 16.0 Å². The molecule has 0 aliphatic carbocycles. The highest BCUT2D eigenvalue weighted by molar-refractivity contribution is 5.96. The van der Waals surface area contributed by atoms with Crippen LogP contribution in [0.25, 0.3) is 11.1 Å². The molecule has 22 heavy (non-hydrogen) atoms. The van der Waals surface area contributed by atoms with E-state index >= 15 is 0 Å². The van der Waals surface area contributed by atoms with Gasteiger partial charge in [-0.3, -0.25) is 14.3 Å². The Hall–Kier alpha value is -2.77. The lowest BCUT2D eigenvalue weighted by Gasteiger charge is -2.12. The van der Waals surface area contributed by atoms with Crippen LogP contribution in [0.3, 0.4) is 0 Å². The number of likely N-dealkylation sites (N-methyl/N-ethyl adjacent to an activating group) is 1. The summed E-state index contributed by atoms with van der Waals surface area (Å²) in [6.07, 6.45) is -1.44. The zero-order valence-electron chi connectivity index (χ0n) is 12.2. The fraction of sp³-hybridized carbons (Fsp3) is 0.357. The molecule has 0 radical (unpaired) electrons. The molecular formula is C14H15N3O5. The highest BCUT2D eigenvalue weighted by Gasteiger charge is 2.36. The first-order valence-electron chi connectivity index (χ1n) is 6.86. The summed E-state index contributed by atoms with van der Waals surface area (Å²) in [6, 6.07) is 4.94. The maximum Gasteiger partial charge on any atom is 0.419 e. The number of ether oxygens (including phenoxy) is 1. The van der Waals surface area contributed by atoms with Crippen LogP contribution in [-0.4, -0.2) is 35.8 Å². The van der Waals surface area contributed by atoms with Gasteiger partial charge in [-0.25, -0.2) is 9.59 Å². The monoisotopic (exact) mass is 305 g/mol. The van der Waals surface area contributed by atoms with Crippen molar-refractivity contribution < 1.29 is 18.7 Å². The van der Waals surface area contributed by atoms with Gasteiger partial charge in [-0.1, -0.05) is 0 Å². The molecule has 1 saturated heterocycles. The number of nitrogens with zero attached hydrogens (tertiary/aromatic N) is 2. The van der Waals surface area contributed by atoms with E-state index < -0.39 is 18.0 Å². The molecule has 8 heteroatoms. The number of rotatable bonds is 3. The number of nitrogens with one attached hydrogen (secondary N) is 1. The van der Waals surface area contributed by atoms with Gasteiger partial charge in [0.25, 0.3) is 5.91 Å². The highest BCUT2D eigenvalue weighted by Crippen LogP contribution is 2.25. The summed E-state index contributed by atoms with van der Waals surface area (Å²) in [7, 11) is 1.60. The Balaban J connectivity index is 1.89. The van der Waals surface area contributed by atoms with Gasteiger partial charge in [-0.05, 0) is 19.1 Å². The second-order valence-corrected chi connectivity index (χ2v) is 4.96. The van der Waals surface area contributed by atoms with Gasteiger partial charge in [0.05, 0.1) is 17.7 Å². The van der Waals surface area contributed by atoms with Crippen molar-refractivity contribution >= 4 is 28.8 Å². The summed E-state index contributed by atoms with van der Waals surface area (Å²) in [6.45, 7) is 2.37. The fourth-order valence-electron chi connectivity index (χ4n) is 2.39. The lowest BCUT2D eigenvalue weighted by Crippen LogP contribution is -2.37. The van der Waals surface area contributed by atoms with Crippen LogP contribution in [0.5, 0.6) is 0 Å². The van der Waals surface area contributed by atoms with Gasteiger partial charge in [0, 0.05) is 19.7 Å². The first-order valence-corrected chi connectivity index (χ1v) is 6.86. The number of carbonyl (C=O) groups is 2. The summed E-state index contributed by atoms with van der Waals surface area (Å²) in [5, 5.41) is 2.61. The third-order valence-electron chi connectivity index (χ3n) is 3.54. The number of aromatic nitrogens is 1. The number of cyclic esters (lactones) is 1. The van der Waals surface area contributed by atoms with E-state index in [2.05, 4.69) is 5.32 Å². The largest absolute Gasteiger partial charge is 0.434 e. The SMILES string of the molecule is CCNC(=O)[C@H]1CN(c2ccc3c(c2)oc(=O)n3C)C(=O)O1. The van der Waals surface area contributed by atoms with Gasteiger partial charge in [-0.15, -0.1) is 0 Å². The predicted octanol–water partition coefficient (Wildman–Crippen LogP) is 0.593. The second-order valence-electron chi connectivity index (χ2n) is 4.96. The zero-order chi connectivity index (χ0) is 15.9. The van der Waals surface area contributed by atoms with E-state index in [4.69, 9.17) is 9.15 Å². The molecule has 3 rings (SSSR count). The molecule has 116 valence electrons. The number of benzene rings is 1. The number of anilines is 1. The van der Waals surface area contributed by atoms with Crippen LogP contribution in [0.2, 0.25) is 0 Å². The van der Waals surface area contributed by atoms with Gasteiger partial charge in [-0.2, -0.15) is 0 Å². The number of oxazole rings is 1. The number of amides is 2. The van der Waals surface area contributed by atoms with E-state index in [1.807, 2.05) is 0 Å². The topological polar surface area (TPSA) is 93.8 Å². The zero-order valence-corrected chi connectivity index (χ0v) is 12.2. The van der Waals surface area contributed by atoms with E-state index in [1.54, 1.807) is 32.2 Å². The predicted molar refractivity (Wildman–Crippen MR) is 77.8 cm³/mol. The minimum atomic E-state index is -0.842. The minimum Gasteiger partial charge on any atom is -0.434 e. The Bertz CT molecular complexity index is 806. The van der Waals surface area contributed by atoms with Crippen LogP contribution in [0.15, 0.2) is 27.4 Å². The van der Waals surface area contributed by atoms with Gasteiger partial charge in [0.1, 0.15) is 0 Å². The second kappa shape index (κ2) is 5.21. The number of carbonyl (C=O) groups excluding carboxylic acids is 2. The molecule has 1 aromatic carbocycles. The van der Waals surface area contributed by atoms with Crippen LogP contribution >= 0.6 is 0 Å². The first-order chi connectivity index (χ1) is 10.5. The molecule has 1 aliphatic heterocycles. The Labute approximate surface area is 125 Å². The van der Waals surface area contributed by atoms with Crippen LogP contribution in [0.4, 0.5) is 10.5 Å². The maximum absolute atomic E-state index is 11.9. The summed E-state index contributed by atoms with van der Waals surface area (Å²) >= 11 is 0. The third-order valence-corrected chi connectivity index (χ3v) is 3.54. The van der Waals surface area contributed by atoms with Gasteiger partial charge in [0.15, 0.2) is 11.7 Å². The number of fused-ring (bicyclic) bond motifs is 1. The van der Waals surface area contributed by atoms with Crippen LogP contribution in [0.1, 0.15) is 6.92 Å². The molecule has 1 aliphatic rings. The van der Waals surface area contributed by atoms with Crippen molar-refractivity contribution in [1.82, 2.24) is 9.88 Å². The van der Waals surface area contributed by atoms with Crippen molar-refractivity contribution in [2.75, 3.05) is 18.0 Å². The average Bonchev–Trinajstić information content (AvgIpc) is 3.00. The molecule has 1 aromatic heterocycles. The van der Waals surface area contributed by atoms with E-state index in [-0.39, 0.29) is 12.5 Å². The van der Waals surface area contributed by atoms with Gasteiger partial charge < -0.3 is 14.5 Å². The summed E-state index contributed by atoms with van der Waals surface area (Å²) < 4.78 is 11.5. The molecule has 1 fully saturated rings. The highest BCUT2D eigenvalue weighted by atomic mass is 16.6. The number of hydrogen-bond donors (Lipinski definition) is 1. The molecule has 8 nitrogen and oxygen atoms in total. The van der Waals surface area contributed by atoms with Crippen molar-refractivity contribution in [3.63, 3.8) is 0 Å². The van der Waals surface area contributed by atoms with Crippen molar-refractivity contribution in [3.8, 4) is 0 Å². The summed E-state index contributed by atoms with van der Waals surface area (Å²) in [5.41, 5.74) is 1.51. The third kappa shape index (κ3) is 2.22. The van der Waals surface area contributed by atoms with Gasteiger partial charge >= 0.3 is 11.8 Å². The van der Waals surface area contributed by atoms with E-state index in [0.717, 1.165) is 0 Å². The number of aryl methyl sites for hydroxylation is 1. The normalized spacial score (nSPS) is 17.8. The summed E-state index contributed by atoms with van der Waals surface area (Å²) in [4.78, 5) is 36.5. The Morgan fingerprint density at radius 2 is 2.18 bits per heavy atom. The lowest BCUT2D eigenvalue weighted by atomic mass is 10.2. The molecule has 2 heterocycles. The molecule has 0 saturated carbocycles.